The maximum Gasteiger partial charge on any atom is 0.306 e. The third-order valence-corrected chi connectivity index (χ3v) is 5.62. The summed E-state index contributed by atoms with van der Waals surface area (Å²) in [6.07, 6.45) is 3.39. The first-order chi connectivity index (χ1) is 15.4. The summed E-state index contributed by atoms with van der Waals surface area (Å²) in [7, 11) is -3.74. The molecule has 0 unspecified atom stereocenters. The van der Waals surface area contributed by atoms with Crippen LogP contribution >= 0.6 is 0 Å². The van der Waals surface area contributed by atoms with E-state index in [4.69, 9.17) is 14.6 Å². The predicted molar refractivity (Wildman–Crippen MR) is 126 cm³/mol. The van der Waals surface area contributed by atoms with E-state index < -0.39 is 15.6 Å². The second-order valence-corrected chi connectivity index (χ2v) is 10.5. The number of esters is 1. The van der Waals surface area contributed by atoms with Gasteiger partial charge in [0.05, 0.1) is 11.5 Å². The van der Waals surface area contributed by atoms with Crippen LogP contribution < -0.4 is 9.88 Å². The van der Waals surface area contributed by atoms with Crippen molar-refractivity contribution >= 4 is 21.8 Å². The van der Waals surface area contributed by atoms with Gasteiger partial charge in [0.15, 0.2) is 0 Å². The highest BCUT2D eigenvalue weighted by Gasteiger charge is 2.15. The van der Waals surface area contributed by atoms with Crippen molar-refractivity contribution in [2.24, 2.45) is 5.14 Å². The molecule has 8 heteroatoms. The summed E-state index contributed by atoms with van der Waals surface area (Å²) in [4.78, 5) is 24.0. The molecule has 180 valence electrons. The molecular formula is C25H33NO6S. The van der Waals surface area contributed by atoms with Crippen molar-refractivity contribution in [3.63, 3.8) is 0 Å². The van der Waals surface area contributed by atoms with Crippen LogP contribution in [0.1, 0.15) is 57.6 Å². The summed E-state index contributed by atoms with van der Waals surface area (Å²) >= 11 is 0. The minimum absolute atomic E-state index is 0.0250. The zero-order chi connectivity index (χ0) is 24.5. The highest BCUT2D eigenvalue weighted by molar-refractivity contribution is 7.89. The van der Waals surface area contributed by atoms with E-state index in [1.54, 1.807) is 12.1 Å². The van der Waals surface area contributed by atoms with Gasteiger partial charge >= 0.3 is 5.97 Å². The number of carbonyl (C=O) groups is 2. The zero-order valence-corrected chi connectivity index (χ0v) is 20.3. The maximum absolute atomic E-state index is 12.3. The van der Waals surface area contributed by atoms with E-state index in [0.717, 1.165) is 36.1 Å². The Morgan fingerprint density at radius 3 is 1.91 bits per heavy atom. The number of benzene rings is 2. The lowest BCUT2D eigenvalue weighted by Crippen LogP contribution is -2.23. The summed E-state index contributed by atoms with van der Waals surface area (Å²) in [6, 6.07) is 13.4. The average molecular weight is 476 g/mol. The molecule has 2 rings (SSSR count). The quantitative estimate of drug-likeness (QED) is 0.367. The average Bonchev–Trinajstić information content (AvgIpc) is 2.70. The van der Waals surface area contributed by atoms with Gasteiger partial charge in [-0.15, -0.1) is 0 Å². The van der Waals surface area contributed by atoms with Crippen molar-refractivity contribution in [3.8, 4) is 5.75 Å². The third-order valence-electron chi connectivity index (χ3n) is 4.69. The zero-order valence-electron chi connectivity index (χ0n) is 19.5. The SMILES string of the molecule is CC(C)(C)OC(=O)CCCCCOc1ccc(CC(=O)Cc2ccc(S(N)(=O)=O)cc2)cc1. The van der Waals surface area contributed by atoms with Crippen LogP contribution in [0.5, 0.6) is 5.75 Å². The Kier molecular flexibility index (Phi) is 9.61. The summed E-state index contributed by atoms with van der Waals surface area (Å²) in [6.45, 7) is 6.13. The number of ketones is 1. The molecule has 0 aliphatic carbocycles. The van der Waals surface area contributed by atoms with Crippen LogP contribution in [0.15, 0.2) is 53.4 Å². The van der Waals surface area contributed by atoms with Crippen LogP contribution in [0.3, 0.4) is 0 Å². The summed E-state index contributed by atoms with van der Waals surface area (Å²) in [5.74, 6) is 0.586. The molecule has 0 saturated carbocycles. The Labute approximate surface area is 196 Å². The van der Waals surface area contributed by atoms with Crippen LogP contribution in [-0.2, 0) is 37.2 Å². The molecule has 0 aliphatic heterocycles. The first kappa shape index (κ1) is 26.5. The molecule has 33 heavy (non-hydrogen) atoms. The maximum atomic E-state index is 12.3. The number of nitrogens with two attached hydrogens (primary N) is 1. The van der Waals surface area contributed by atoms with E-state index in [9.17, 15) is 18.0 Å². The molecule has 0 atom stereocenters. The van der Waals surface area contributed by atoms with Crippen molar-refractivity contribution in [2.75, 3.05) is 6.61 Å². The number of unbranched alkanes of at least 4 members (excludes halogenated alkanes) is 2. The molecule has 0 saturated heterocycles. The number of sulfonamides is 1. The van der Waals surface area contributed by atoms with Crippen LogP contribution in [0.25, 0.3) is 0 Å². The summed E-state index contributed by atoms with van der Waals surface area (Å²) in [5.41, 5.74) is 1.17. The van der Waals surface area contributed by atoms with Crippen molar-refractivity contribution in [1.82, 2.24) is 0 Å². The van der Waals surface area contributed by atoms with Gasteiger partial charge < -0.3 is 9.47 Å². The normalized spacial score (nSPS) is 11.8. The smallest absolute Gasteiger partial charge is 0.306 e. The molecule has 0 fully saturated rings. The molecule has 0 heterocycles. The highest BCUT2D eigenvalue weighted by Crippen LogP contribution is 2.16. The standard InChI is InChI=1S/C25H33NO6S/c1-25(2,3)32-24(28)7-5-4-6-16-31-22-12-8-19(9-13-22)17-21(27)18-20-10-14-23(15-11-20)33(26,29)30/h8-15H,4-7,16-18H2,1-3H3,(H2,26,29,30). The molecule has 0 aromatic heterocycles. The van der Waals surface area contributed by atoms with Gasteiger partial charge in [0, 0.05) is 19.3 Å². The molecule has 0 radical (unpaired) electrons. The van der Waals surface area contributed by atoms with E-state index >= 15 is 0 Å². The lowest BCUT2D eigenvalue weighted by molar-refractivity contribution is -0.154. The number of ether oxygens (including phenoxy) is 2. The molecule has 0 aliphatic rings. The second kappa shape index (κ2) is 12.0. The molecule has 0 spiro atoms. The van der Waals surface area contributed by atoms with Gasteiger partial charge in [0.25, 0.3) is 0 Å². The fourth-order valence-corrected chi connectivity index (χ4v) is 3.66. The van der Waals surface area contributed by atoms with Gasteiger partial charge in [0.2, 0.25) is 10.0 Å². The molecule has 0 bridgehead atoms. The molecule has 0 amide bonds. The van der Waals surface area contributed by atoms with Gasteiger partial charge in [-0.3, -0.25) is 9.59 Å². The molecular weight excluding hydrogens is 442 g/mol. The van der Waals surface area contributed by atoms with Gasteiger partial charge in [-0.1, -0.05) is 24.3 Å². The van der Waals surface area contributed by atoms with Crippen molar-refractivity contribution < 1.29 is 27.5 Å². The Hall–Kier alpha value is -2.71. The molecule has 7 nitrogen and oxygen atoms in total. The molecule has 2 aromatic rings. The minimum atomic E-state index is -3.74. The largest absolute Gasteiger partial charge is 0.494 e. The third kappa shape index (κ3) is 10.6. The Balaban J connectivity index is 1.68. The first-order valence-electron chi connectivity index (χ1n) is 11.0. The van der Waals surface area contributed by atoms with Crippen LogP contribution in [0.2, 0.25) is 0 Å². The Bertz CT molecular complexity index is 1020. The minimum Gasteiger partial charge on any atom is -0.494 e. The van der Waals surface area contributed by atoms with Gasteiger partial charge in [-0.25, -0.2) is 13.6 Å². The number of hydrogen-bond donors (Lipinski definition) is 1. The van der Waals surface area contributed by atoms with Crippen molar-refractivity contribution in [3.05, 3.63) is 59.7 Å². The Morgan fingerprint density at radius 1 is 0.848 bits per heavy atom. The monoisotopic (exact) mass is 475 g/mol. The molecule has 2 N–H and O–H groups in total. The topological polar surface area (TPSA) is 113 Å². The van der Waals surface area contributed by atoms with E-state index in [0.29, 0.717) is 13.0 Å². The molecule has 2 aromatic carbocycles. The highest BCUT2D eigenvalue weighted by atomic mass is 32.2. The van der Waals surface area contributed by atoms with Gasteiger partial charge in [0.1, 0.15) is 17.1 Å². The lowest BCUT2D eigenvalue weighted by atomic mass is 10.0. The fourth-order valence-electron chi connectivity index (χ4n) is 3.15. The van der Waals surface area contributed by atoms with Crippen LogP contribution in [-0.4, -0.2) is 32.4 Å². The summed E-state index contributed by atoms with van der Waals surface area (Å²) < 4.78 is 33.6. The van der Waals surface area contributed by atoms with Crippen molar-refractivity contribution in [1.29, 1.82) is 0 Å². The lowest BCUT2D eigenvalue weighted by Gasteiger charge is -2.19. The van der Waals surface area contributed by atoms with Crippen molar-refractivity contribution in [2.45, 2.75) is 69.8 Å². The fraction of sp³-hybridized carbons (Fsp3) is 0.440. The van der Waals surface area contributed by atoms with Crippen LogP contribution in [0, 0.1) is 0 Å². The predicted octanol–water partition coefficient (Wildman–Crippen LogP) is 3.97. The van der Waals surface area contributed by atoms with Gasteiger partial charge in [-0.05, 0) is 75.4 Å². The van der Waals surface area contributed by atoms with E-state index in [-0.39, 0.29) is 29.5 Å². The van der Waals surface area contributed by atoms with Gasteiger partial charge in [-0.2, -0.15) is 0 Å². The first-order valence-corrected chi connectivity index (χ1v) is 12.5. The number of Topliss-reactive ketones (excluding diaryl/α,β-unsaturated/α-hetero) is 1. The van der Waals surface area contributed by atoms with Crippen LogP contribution in [0.4, 0.5) is 0 Å². The number of primary sulfonamides is 1. The summed E-state index contributed by atoms with van der Waals surface area (Å²) in [5, 5.41) is 5.08. The van der Waals surface area contributed by atoms with E-state index in [1.807, 2.05) is 45.0 Å². The number of hydrogen-bond acceptors (Lipinski definition) is 6. The second-order valence-electron chi connectivity index (χ2n) is 8.97. The number of rotatable bonds is 12. The number of carbonyl (C=O) groups excluding carboxylic acids is 2. The Morgan fingerprint density at radius 2 is 1.39 bits per heavy atom. The van der Waals surface area contributed by atoms with E-state index in [1.165, 1.54) is 12.1 Å². The van der Waals surface area contributed by atoms with E-state index in [2.05, 4.69) is 0 Å².